The van der Waals surface area contributed by atoms with Gasteiger partial charge >= 0.3 is 0 Å². The maximum absolute atomic E-state index is 7.83. The molecule has 2 heterocycles. The molecule has 2 aromatic heterocycles. The molecule has 0 saturated carbocycles. The number of hydrogen-bond donors (Lipinski definition) is 5. The van der Waals surface area contributed by atoms with Crippen LogP contribution in [0.25, 0.3) is 0 Å². The van der Waals surface area contributed by atoms with Crippen LogP contribution in [0.15, 0.2) is 25.8 Å². The molecule has 18 heteroatoms. The molecule has 0 spiro atoms. The monoisotopic (exact) mass is 460 g/mol. The van der Waals surface area contributed by atoms with Crippen LogP contribution in [0, 0.1) is 5.41 Å². The maximum atomic E-state index is 7.83. The number of anilines is 3. The fourth-order valence-electron chi connectivity index (χ4n) is 2.02. The van der Waals surface area contributed by atoms with E-state index in [1.54, 1.807) is 16.9 Å². The van der Waals surface area contributed by atoms with Gasteiger partial charge in [0.25, 0.3) is 17.8 Å². The van der Waals surface area contributed by atoms with E-state index in [0.717, 1.165) is 26.2 Å². The first-order valence-corrected chi connectivity index (χ1v) is 10.2. The highest BCUT2D eigenvalue weighted by Gasteiger charge is 2.07. The smallest absolute Gasteiger partial charge is 0.290 e. The molecule has 33 heavy (non-hydrogen) atoms. The Morgan fingerprint density at radius 2 is 1.55 bits per heavy atom. The van der Waals surface area contributed by atoms with Gasteiger partial charge in [-0.2, -0.15) is 10.1 Å². The molecule has 0 fully saturated rings. The number of H-pyrrole nitrogens is 1. The Kier molecular flexibility index (Phi) is 9.90. The third-order valence-corrected chi connectivity index (χ3v) is 3.79. The molecule has 0 unspecified atom stereocenters. The van der Waals surface area contributed by atoms with E-state index in [1.165, 1.54) is 0 Å². The van der Waals surface area contributed by atoms with Crippen molar-refractivity contribution in [2.24, 2.45) is 25.8 Å². The summed E-state index contributed by atoms with van der Waals surface area (Å²) in [6, 6.07) is 0. The molecule has 2 aromatic rings. The topological polar surface area (TPSA) is 221 Å². The van der Waals surface area contributed by atoms with E-state index in [-0.39, 0.29) is 29.8 Å². The van der Waals surface area contributed by atoms with Crippen molar-refractivity contribution in [3.8, 4) is 0 Å². The van der Waals surface area contributed by atoms with Gasteiger partial charge in [0, 0.05) is 26.2 Å². The van der Waals surface area contributed by atoms with Gasteiger partial charge in [-0.15, -0.1) is 30.6 Å². The van der Waals surface area contributed by atoms with Gasteiger partial charge in [-0.25, -0.2) is 10.5 Å². The molecule has 0 bridgehead atoms. The van der Waals surface area contributed by atoms with E-state index in [9.17, 15) is 0 Å². The van der Waals surface area contributed by atoms with Crippen LogP contribution in [-0.4, -0.2) is 83.6 Å². The van der Waals surface area contributed by atoms with Gasteiger partial charge in [0.2, 0.25) is 11.9 Å². The third kappa shape index (κ3) is 8.71. The molecule has 0 aliphatic carbocycles. The summed E-state index contributed by atoms with van der Waals surface area (Å²) in [5.74, 6) is 0.584. The Balaban J connectivity index is 1.85. The molecule has 2 rings (SSSR count). The van der Waals surface area contributed by atoms with Crippen LogP contribution >= 0.6 is 0 Å². The minimum atomic E-state index is -0.199. The first-order valence-electron chi connectivity index (χ1n) is 10.2. The highest BCUT2D eigenvalue weighted by atomic mass is 15.6. The number of aromatic amines is 1. The first-order chi connectivity index (χ1) is 16.0. The van der Waals surface area contributed by atoms with E-state index in [2.05, 4.69) is 77.4 Å². The van der Waals surface area contributed by atoms with E-state index >= 15 is 0 Å². The summed E-state index contributed by atoms with van der Waals surface area (Å²) < 4.78 is 0. The number of aromatic nitrogens is 7. The van der Waals surface area contributed by atoms with Crippen molar-refractivity contribution in [2.75, 3.05) is 36.8 Å². The number of amidine groups is 1. The minimum absolute atomic E-state index is 0.0121. The van der Waals surface area contributed by atoms with Crippen LogP contribution in [0.5, 0.6) is 0 Å². The van der Waals surface area contributed by atoms with Crippen molar-refractivity contribution in [3.63, 3.8) is 0 Å². The third-order valence-electron chi connectivity index (χ3n) is 3.79. The molecule has 0 aliphatic heterocycles. The van der Waals surface area contributed by atoms with Crippen LogP contribution < -0.4 is 16.1 Å². The zero-order valence-corrected chi connectivity index (χ0v) is 19.1. The van der Waals surface area contributed by atoms with Crippen LogP contribution in [-0.2, 0) is 0 Å². The Morgan fingerprint density at radius 3 is 2.18 bits per heavy atom. The van der Waals surface area contributed by atoms with Crippen LogP contribution in [0.1, 0.15) is 34.6 Å². The van der Waals surface area contributed by atoms with Gasteiger partial charge < -0.3 is 0 Å². The number of hydrazone groups is 1. The SMILES string of the molecule is CCN(CC)/N=N/C(C)=N/NC(=N)Nc1nnc(Nc2nc(/N=N/N(CC)CC)n[nH]2)nn1. The zero-order valence-electron chi connectivity index (χ0n) is 19.1. The lowest BCUT2D eigenvalue weighted by Crippen LogP contribution is -2.27. The number of guanidine groups is 1. The lowest BCUT2D eigenvalue weighted by atomic mass is 10.6. The second-order valence-corrected chi connectivity index (χ2v) is 6.08. The fraction of sp³-hybridized carbons (Fsp3) is 0.600. The molecule has 0 radical (unpaired) electrons. The highest BCUT2D eigenvalue weighted by molar-refractivity contribution is 5.90. The molecule has 0 amide bonds. The van der Waals surface area contributed by atoms with Crippen molar-refractivity contribution in [3.05, 3.63) is 0 Å². The molecule has 0 aromatic carbocycles. The van der Waals surface area contributed by atoms with Crippen LogP contribution in [0.2, 0.25) is 0 Å². The molecule has 18 nitrogen and oxygen atoms in total. The van der Waals surface area contributed by atoms with E-state index < -0.39 is 0 Å². The van der Waals surface area contributed by atoms with Crippen LogP contribution in [0.3, 0.4) is 0 Å². The predicted molar refractivity (Wildman–Crippen MR) is 120 cm³/mol. The molecular weight excluding hydrogens is 432 g/mol. The fourth-order valence-corrected chi connectivity index (χ4v) is 2.02. The van der Waals surface area contributed by atoms with E-state index in [1.807, 2.05) is 27.7 Å². The van der Waals surface area contributed by atoms with E-state index in [4.69, 9.17) is 5.41 Å². The number of hydrogen-bond acceptors (Lipinski definition) is 12. The highest BCUT2D eigenvalue weighted by Crippen LogP contribution is 2.11. The van der Waals surface area contributed by atoms with E-state index in [0.29, 0.717) is 5.84 Å². The van der Waals surface area contributed by atoms with Gasteiger partial charge in [0.1, 0.15) is 0 Å². The summed E-state index contributed by atoms with van der Waals surface area (Å²) in [6.07, 6.45) is 0. The molecule has 178 valence electrons. The molecule has 5 N–H and O–H groups in total. The van der Waals surface area contributed by atoms with Gasteiger partial charge in [0.05, 0.1) is 0 Å². The standard InChI is InChI=1S/C15H28N18/c1-6-32(7-2)30-21-10(5)20-22-11(16)17-13-24-26-14(27-25-13)18-12-19-15(28-23-12)29-31-33(8-3)9-4/h6-9H2,1-5H3,(H3,16,17,22,24,25)(H2,18,19,23,26,27,28)/b20-10+,30-21+,31-29+. The second kappa shape index (κ2) is 13.1. The Hall–Kier alpha value is -4.38. The van der Waals surface area contributed by atoms with Gasteiger partial charge in [-0.3, -0.25) is 26.1 Å². The van der Waals surface area contributed by atoms with Crippen LogP contribution in [0.4, 0.5) is 23.8 Å². The number of rotatable bonds is 11. The zero-order chi connectivity index (χ0) is 24.1. The Labute approximate surface area is 189 Å². The van der Waals surface area contributed by atoms with Gasteiger partial charge in [-0.05, 0) is 34.6 Å². The quantitative estimate of drug-likeness (QED) is 0.140. The maximum Gasteiger partial charge on any atom is 0.290 e. The minimum Gasteiger partial charge on any atom is -0.291 e. The van der Waals surface area contributed by atoms with Crippen molar-refractivity contribution in [1.29, 1.82) is 5.41 Å². The number of nitrogens with zero attached hydrogens (tertiary/aromatic N) is 13. The normalized spacial score (nSPS) is 11.7. The van der Waals surface area contributed by atoms with Crippen molar-refractivity contribution in [2.45, 2.75) is 34.6 Å². The summed E-state index contributed by atoms with van der Waals surface area (Å²) in [5, 5.41) is 58.4. The Bertz CT molecular complexity index is 938. The molecule has 0 aliphatic rings. The summed E-state index contributed by atoms with van der Waals surface area (Å²) in [7, 11) is 0. The summed E-state index contributed by atoms with van der Waals surface area (Å²) in [6.45, 7) is 12.4. The molecule has 0 atom stereocenters. The second-order valence-electron chi connectivity index (χ2n) is 6.08. The average Bonchev–Trinajstić information content (AvgIpc) is 3.27. The number of nitrogens with one attached hydrogen (secondary N) is 5. The Morgan fingerprint density at radius 1 is 0.939 bits per heavy atom. The summed E-state index contributed by atoms with van der Waals surface area (Å²) >= 11 is 0. The van der Waals surface area contributed by atoms with Crippen molar-refractivity contribution >= 4 is 35.6 Å². The average molecular weight is 461 g/mol. The van der Waals surface area contributed by atoms with Gasteiger partial charge in [-0.1, -0.05) is 15.6 Å². The molecular formula is C15H28N18. The first kappa shape index (κ1) is 24.9. The lowest BCUT2D eigenvalue weighted by molar-refractivity contribution is 0.300. The predicted octanol–water partition coefficient (Wildman–Crippen LogP) is 1.45. The van der Waals surface area contributed by atoms with Gasteiger partial charge in [0.15, 0.2) is 5.84 Å². The largest absolute Gasteiger partial charge is 0.291 e. The van der Waals surface area contributed by atoms with Crippen molar-refractivity contribution < 1.29 is 0 Å². The molecule has 0 saturated heterocycles. The van der Waals surface area contributed by atoms with Crippen molar-refractivity contribution in [1.82, 2.24) is 51.0 Å². The summed E-state index contributed by atoms with van der Waals surface area (Å²) in [4.78, 5) is 4.10. The lowest BCUT2D eigenvalue weighted by Gasteiger charge is -2.10. The summed E-state index contributed by atoms with van der Waals surface area (Å²) in [5.41, 5.74) is 2.47.